The number of halogens is 3. The molecule has 5 fully saturated rings. The summed E-state index contributed by atoms with van der Waals surface area (Å²) in [5.74, 6) is -1.53. The molecular weight excluding hydrogens is 465 g/mol. The van der Waals surface area contributed by atoms with Crippen LogP contribution < -0.4 is 4.72 Å². The number of nitrogens with one attached hydrogen (secondary N) is 1. The van der Waals surface area contributed by atoms with Crippen LogP contribution >= 0.6 is 0 Å². The van der Waals surface area contributed by atoms with Crippen molar-refractivity contribution in [3.63, 3.8) is 0 Å². The molecule has 7 rings (SSSR count). The van der Waals surface area contributed by atoms with Crippen LogP contribution in [-0.2, 0) is 21.2 Å². The molecule has 0 aromatic heterocycles. The maximum absolute atomic E-state index is 15.6. The third-order valence-corrected chi connectivity index (χ3v) is 8.85. The third kappa shape index (κ3) is 3.47. The lowest BCUT2D eigenvalue weighted by atomic mass is 9.44. The zero-order valence-electron chi connectivity index (χ0n) is 18.6. The number of nitrogens with zero attached hydrogens (tertiary/aromatic N) is 1. The highest BCUT2D eigenvalue weighted by atomic mass is 32.2. The molecule has 1 saturated heterocycles. The van der Waals surface area contributed by atoms with Gasteiger partial charge in [0.05, 0.1) is 17.7 Å². The van der Waals surface area contributed by atoms with Gasteiger partial charge in [0, 0.05) is 23.7 Å². The van der Waals surface area contributed by atoms with Gasteiger partial charge >= 0.3 is 0 Å². The van der Waals surface area contributed by atoms with Crippen molar-refractivity contribution in [3.8, 4) is 11.1 Å². The SMILES string of the molecule is CS(=O)(=O)N[C@@H]1[C@H]2C[C@H]2N(C(=O)C23CC(C2)C3)[C@@H]1Cc1cccc(-c2cc(F)cc(F)c2)c1F. The minimum atomic E-state index is -3.54. The maximum atomic E-state index is 15.6. The molecule has 0 radical (unpaired) electrons. The predicted octanol–water partition coefficient (Wildman–Crippen LogP) is 3.63. The number of likely N-dealkylation sites (tertiary alicyclic amines) is 1. The average Bonchev–Trinajstić information content (AvgIpc) is 3.38. The van der Waals surface area contributed by atoms with E-state index in [1.165, 1.54) is 6.07 Å². The molecule has 2 aromatic rings. The molecule has 1 amide bonds. The van der Waals surface area contributed by atoms with Crippen molar-refractivity contribution < 1.29 is 26.4 Å². The van der Waals surface area contributed by atoms with Gasteiger partial charge in [-0.3, -0.25) is 4.79 Å². The molecule has 34 heavy (non-hydrogen) atoms. The Morgan fingerprint density at radius 1 is 1.12 bits per heavy atom. The zero-order chi connectivity index (χ0) is 24.0. The number of carbonyl (C=O) groups is 1. The molecule has 0 spiro atoms. The molecule has 180 valence electrons. The predicted molar refractivity (Wildman–Crippen MR) is 120 cm³/mol. The normalized spacial score (nSPS) is 33.2. The first-order valence-electron chi connectivity index (χ1n) is 11.6. The summed E-state index contributed by atoms with van der Waals surface area (Å²) in [6, 6.07) is 6.47. The monoisotopic (exact) mass is 490 g/mol. The summed E-state index contributed by atoms with van der Waals surface area (Å²) in [7, 11) is -3.54. The Kier molecular flexibility index (Phi) is 4.75. The second-order valence-electron chi connectivity index (χ2n) is 10.6. The Bertz CT molecular complexity index is 1280. The molecule has 5 nitrogen and oxygen atoms in total. The van der Waals surface area contributed by atoms with Crippen molar-refractivity contribution in [2.24, 2.45) is 17.3 Å². The molecule has 2 aromatic carbocycles. The van der Waals surface area contributed by atoms with Crippen molar-refractivity contribution in [2.45, 2.75) is 50.2 Å². The van der Waals surface area contributed by atoms with Gasteiger partial charge in [-0.25, -0.2) is 26.3 Å². The van der Waals surface area contributed by atoms with Gasteiger partial charge in [-0.05, 0) is 67.2 Å². The number of benzene rings is 2. The standard InChI is InChI=1S/C25H25F3N2O3S/c1-34(32,33)29-23-19-9-20(19)30(24(31)25-10-13(11-25)12-25)21(23)7-14-3-2-4-18(22(14)28)15-5-16(26)8-17(27)6-15/h2-6,8,13,19-21,23,29H,7,9-12H2,1H3/t13?,19-,20+,21+,23+,25?/m0/s1. The van der Waals surface area contributed by atoms with Gasteiger partial charge < -0.3 is 4.90 Å². The molecule has 4 atom stereocenters. The molecule has 1 heterocycles. The topological polar surface area (TPSA) is 66.5 Å². The molecule has 0 unspecified atom stereocenters. The molecule has 5 aliphatic rings. The van der Waals surface area contributed by atoms with Gasteiger partial charge in [0.15, 0.2) is 0 Å². The first kappa shape index (κ1) is 22.1. The van der Waals surface area contributed by atoms with Crippen LogP contribution in [0.5, 0.6) is 0 Å². The van der Waals surface area contributed by atoms with Gasteiger partial charge in [-0.2, -0.15) is 0 Å². The van der Waals surface area contributed by atoms with Crippen LogP contribution in [0, 0.1) is 34.7 Å². The van der Waals surface area contributed by atoms with Crippen LogP contribution in [0.2, 0.25) is 0 Å². The number of fused-ring (bicyclic) bond motifs is 1. The first-order chi connectivity index (χ1) is 16.0. The quantitative estimate of drug-likeness (QED) is 0.673. The Balaban J connectivity index is 1.35. The highest BCUT2D eigenvalue weighted by Crippen LogP contribution is 2.66. The highest BCUT2D eigenvalue weighted by molar-refractivity contribution is 7.88. The van der Waals surface area contributed by atoms with Crippen LogP contribution in [0.1, 0.15) is 31.2 Å². The lowest BCUT2D eigenvalue weighted by Gasteiger charge is -2.61. The van der Waals surface area contributed by atoms with E-state index >= 15 is 4.39 Å². The number of piperidine rings is 1. The largest absolute Gasteiger partial charge is 0.334 e. The van der Waals surface area contributed by atoms with Crippen LogP contribution in [0.4, 0.5) is 13.2 Å². The van der Waals surface area contributed by atoms with Crippen molar-refractivity contribution in [1.29, 1.82) is 0 Å². The van der Waals surface area contributed by atoms with E-state index in [1.807, 2.05) is 4.90 Å². The van der Waals surface area contributed by atoms with E-state index in [0.717, 1.165) is 50.1 Å². The summed E-state index contributed by atoms with van der Waals surface area (Å²) in [6.45, 7) is 0. The van der Waals surface area contributed by atoms with Crippen molar-refractivity contribution in [2.75, 3.05) is 6.26 Å². The molecule has 2 bridgehead atoms. The number of amides is 1. The second kappa shape index (κ2) is 7.31. The van der Waals surface area contributed by atoms with E-state index in [2.05, 4.69) is 4.72 Å². The molecule has 1 aliphatic heterocycles. The van der Waals surface area contributed by atoms with Crippen molar-refractivity contribution in [3.05, 3.63) is 59.4 Å². The molecule has 9 heteroatoms. The number of hydrogen-bond acceptors (Lipinski definition) is 3. The number of rotatable bonds is 6. The van der Waals surface area contributed by atoms with Gasteiger partial charge in [-0.15, -0.1) is 0 Å². The minimum absolute atomic E-state index is 0.0135. The van der Waals surface area contributed by atoms with Gasteiger partial charge in [0.1, 0.15) is 17.5 Å². The van der Waals surface area contributed by atoms with Crippen LogP contribution in [0.25, 0.3) is 11.1 Å². The molecule has 4 saturated carbocycles. The average molecular weight is 491 g/mol. The molecule has 1 N–H and O–H groups in total. The van der Waals surface area contributed by atoms with Crippen molar-refractivity contribution in [1.82, 2.24) is 9.62 Å². The van der Waals surface area contributed by atoms with Crippen LogP contribution in [0.3, 0.4) is 0 Å². The van der Waals surface area contributed by atoms with Crippen LogP contribution in [0.15, 0.2) is 36.4 Å². The molecule has 4 aliphatic carbocycles. The Hall–Kier alpha value is -2.39. The van der Waals surface area contributed by atoms with Gasteiger partial charge in [0.25, 0.3) is 0 Å². The summed E-state index contributed by atoms with van der Waals surface area (Å²) in [5, 5.41) is 0. The van der Waals surface area contributed by atoms with Crippen LogP contribution in [-0.4, -0.2) is 43.6 Å². The van der Waals surface area contributed by atoms with Gasteiger partial charge in [0.2, 0.25) is 15.9 Å². The smallest absolute Gasteiger partial charge is 0.229 e. The van der Waals surface area contributed by atoms with E-state index in [9.17, 15) is 22.0 Å². The number of carbonyl (C=O) groups excluding carboxylic acids is 1. The Morgan fingerprint density at radius 3 is 2.38 bits per heavy atom. The third-order valence-electron chi connectivity index (χ3n) is 8.15. The summed E-state index contributed by atoms with van der Waals surface area (Å²) in [6.07, 6.45) is 4.58. The van der Waals surface area contributed by atoms with E-state index < -0.39 is 39.6 Å². The highest BCUT2D eigenvalue weighted by Gasteiger charge is 2.68. The first-order valence-corrected chi connectivity index (χ1v) is 13.5. The summed E-state index contributed by atoms with van der Waals surface area (Å²) in [4.78, 5) is 15.4. The summed E-state index contributed by atoms with van der Waals surface area (Å²) in [5.41, 5.74) is 0.0991. The zero-order valence-corrected chi connectivity index (χ0v) is 19.4. The van der Waals surface area contributed by atoms with E-state index in [0.29, 0.717) is 5.92 Å². The summed E-state index contributed by atoms with van der Waals surface area (Å²) < 4.78 is 70.0. The van der Waals surface area contributed by atoms with Crippen molar-refractivity contribution >= 4 is 15.9 Å². The summed E-state index contributed by atoms with van der Waals surface area (Å²) >= 11 is 0. The fraction of sp³-hybridized carbons (Fsp3) is 0.480. The molecular formula is C25H25F3N2O3S. The lowest BCUT2D eigenvalue weighted by Crippen LogP contribution is -2.63. The van der Waals surface area contributed by atoms with E-state index in [1.54, 1.807) is 12.1 Å². The second-order valence-corrected chi connectivity index (χ2v) is 12.3. The lowest BCUT2D eigenvalue weighted by molar-refractivity contribution is -0.179. The van der Waals surface area contributed by atoms with E-state index in [-0.39, 0.29) is 46.4 Å². The van der Waals surface area contributed by atoms with E-state index in [4.69, 9.17) is 0 Å². The number of hydrogen-bond donors (Lipinski definition) is 1. The Morgan fingerprint density at radius 2 is 1.79 bits per heavy atom. The fourth-order valence-electron chi connectivity index (χ4n) is 6.46. The van der Waals surface area contributed by atoms with Gasteiger partial charge in [-0.1, -0.05) is 18.2 Å². The Labute approximate surface area is 196 Å². The fourth-order valence-corrected chi connectivity index (χ4v) is 7.29. The maximum Gasteiger partial charge on any atom is 0.229 e. The minimum Gasteiger partial charge on any atom is -0.334 e. The number of sulfonamides is 1.